The Morgan fingerprint density at radius 1 is 0.742 bits per heavy atom. The number of hydrogen-bond acceptors (Lipinski definition) is 7. The zero-order valence-corrected chi connectivity index (χ0v) is 18.3. The van der Waals surface area contributed by atoms with E-state index >= 15 is 0 Å². The molecule has 0 rings (SSSR count). The highest BCUT2D eigenvalue weighted by atomic mass is 16.4. The highest BCUT2D eigenvalue weighted by Crippen LogP contribution is 2.09. The van der Waals surface area contributed by atoms with Gasteiger partial charge < -0.3 is 37.0 Å². The summed E-state index contributed by atoms with van der Waals surface area (Å²) in [4.78, 5) is 59.2. The molecule has 0 bridgehead atoms. The van der Waals surface area contributed by atoms with E-state index < -0.39 is 66.9 Å². The van der Waals surface area contributed by atoms with Crippen molar-refractivity contribution in [2.24, 2.45) is 17.6 Å². The van der Waals surface area contributed by atoms with Gasteiger partial charge in [0.1, 0.15) is 18.1 Å². The number of rotatable bonds is 14. The van der Waals surface area contributed by atoms with Crippen molar-refractivity contribution in [2.75, 3.05) is 6.61 Å². The van der Waals surface area contributed by atoms with Crippen LogP contribution in [-0.2, 0) is 24.0 Å². The van der Waals surface area contributed by atoms with Gasteiger partial charge in [-0.25, -0.2) is 4.79 Å². The van der Waals surface area contributed by atoms with Crippen molar-refractivity contribution in [3.63, 3.8) is 0 Å². The minimum Gasteiger partial charge on any atom is -0.481 e. The first-order valence-electron chi connectivity index (χ1n) is 10.0. The molecule has 12 nitrogen and oxygen atoms in total. The Balaban J connectivity index is 5.27. The Kier molecular flexibility index (Phi) is 12.4. The number of aliphatic hydroxyl groups is 1. The predicted octanol–water partition coefficient (Wildman–Crippen LogP) is -1.59. The molecular formula is C19H34N4O8. The van der Waals surface area contributed by atoms with Crippen LogP contribution in [0.2, 0.25) is 0 Å². The third-order valence-electron chi connectivity index (χ3n) is 4.21. The van der Waals surface area contributed by atoms with Crippen LogP contribution in [0.5, 0.6) is 0 Å². The maximum Gasteiger partial charge on any atom is 0.326 e. The van der Waals surface area contributed by atoms with E-state index in [1.807, 2.05) is 0 Å². The molecule has 12 heteroatoms. The van der Waals surface area contributed by atoms with Gasteiger partial charge in [-0.1, -0.05) is 27.7 Å². The molecule has 31 heavy (non-hydrogen) atoms. The molecule has 0 spiro atoms. The Bertz CT molecular complexity index is 653. The smallest absolute Gasteiger partial charge is 0.326 e. The Morgan fingerprint density at radius 2 is 1.16 bits per heavy atom. The fourth-order valence-electron chi connectivity index (χ4n) is 2.69. The van der Waals surface area contributed by atoms with Crippen LogP contribution < -0.4 is 21.7 Å². The number of hydrogen-bond donors (Lipinski definition) is 7. The van der Waals surface area contributed by atoms with Gasteiger partial charge >= 0.3 is 11.9 Å². The van der Waals surface area contributed by atoms with E-state index in [2.05, 4.69) is 16.0 Å². The van der Waals surface area contributed by atoms with Gasteiger partial charge in [-0.15, -0.1) is 0 Å². The molecule has 0 aromatic carbocycles. The topological polar surface area (TPSA) is 208 Å². The molecule has 3 amide bonds. The van der Waals surface area contributed by atoms with Crippen LogP contribution in [0, 0.1) is 11.8 Å². The van der Waals surface area contributed by atoms with E-state index in [1.54, 1.807) is 27.7 Å². The summed E-state index contributed by atoms with van der Waals surface area (Å²) in [5, 5.41) is 34.4. The van der Waals surface area contributed by atoms with Crippen molar-refractivity contribution in [1.82, 2.24) is 16.0 Å². The fraction of sp³-hybridized carbons (Fsp3) is 0.737. The van der Waals surface area contributed by atoms with Gasteiger partial charge in [-0.3, -0.25) is 19.2 Å². The van der Waals surface area contributed by atoms with Gasteiger partial charge in [-0.05, 0) is 24.7 Å². The van der Waals surface area contributed by atoms with Crippen LogP contribution in [0.25, 0.3) is 0 Å². The largest absolute Gasteiger partial charge is 0.481 e. The summed E-state index contributed by atoms with van der Waals surface area (Å²) < 4.78 is 0. The standard InChI is InChI=1S/C19H34N4O8/c1-9(2)5-12(17(28)22-13(19(30)31)6-10(3)4)21-18(29)14(8-24)23-16(27)11(20)7-15(25)26/h9-14,24H,5-8,20H2,1-4H3,(H,21,29)(H,22,28)(H,23,27)(H,25,26)(H,30,31). The first-order chi connectivity index (χ1) is 14.3. The lowest BCUT2D eigenvalue weighted by Crippen LogP contribution is -2.58. The van der Waals surface area contributed by atoms with Crippen LogP contribution in [-0.4, -0.2) is 75.8 Å². The van der Waals surface area contributed by atoms with Gasteiger partial charge in [0.2, 0.25) is 17.7 Å². The lowest BCUT2D eigenvalue weighted by Gasteiger charge is -2.25. The average Bonchev–Trinajstić information content (AvgIpc) is 2.62. The molecule has 0 saturated carbocycles. The Hall–Kier alpha value is -2.73. The van der Waals surface area contributed by atoms with Crippen LogP contribution >= 0.6 is 0 Å². The lowest BCUT2D eigenvalue weighted by atomic mass is 10.0. The van der Waals surface area contributed by atoms with Crippen LogP contribution in [0.15, 0.2) is 0 Å². The molecule has 0 saturated heterocycles. The molecule has 0 aliphatic rings. The summed E-state index contributed by atoms with van der Waals surface area (Å²) in [6, 6.07) is -5.15. The van der Waals surface area contributed by atoms with Crippen molar-refractivity contribution in [2.45, 2.75) is 71.1 Å². The quantitative estimate of drug-likeness (QED) is 0.164. The molecule has 0 radical (unpaired) electrons. The van der Waals surface area contributed by atoms with Crippen molar-refractivity contribution >= 4 is 29.7 Å². The third kappa shape index (κ3) is 11.3. The zero-order chi connectivity index (χ0) is 24.3. The van der Waals surface area contributed by atoms with Gasteiger partial charge in [-0.2, -0.15) is 0 Å². The number of amides is 3. The van der Waals surface area contributed by atoms with Crippen molar-refractivity contribution in [3.05, 3.63) is 0 Å². The minimum absolute atomic E-state index is 0.00327. The molecule has 0 aromatic rings. The molecule has 0 aliphatic heterocycles. The normalized spacial score (nSPS) is 15.0. The minimum atomic E-state index is -1.47. The van der Waals surface area contributed by atoms with Crippen molar-refractivity contribution in [3.8, 4) is 0 Å². The summed E-state index contributed by atoms with van der Waals surface area (Å²) in [5.41, 5.74) is 5.43. The molecule has 4 atom stereocenters. The summed E-state index contributed by atoms with van der Waals surface area (Å²) in [5.74, 6) is -5.11. The summed E-state index contributed by atoms with van der Waals surface area (Å²) >= 11 is 0. The summed E-state index contributed by atoms with van der Waals surface area (Å²) in [6.07, 6.45) is -0.299. The number of nitrogens with two attached hydrogens (primary N) is 1. The lowest BCUT2D eigenvalue weighted by molar-refractivity contribution is -0.143. The second kappa shape index (κ2) is 13.5. The van der Waals surface area contributed by atoms with Crippen LogP contribution in [0.1, 0.15) is 47.0 Å². The average molecular weight is 447 g/mol. The maximum absolute atomic E-state index is 12.6. The monoisotopic (exact) mass is 446 g/mol. The Labute approximate surface area is 180 Å². The highest BCUT2D eigenvalue weighted by Gasteiger charge is 2.31. The zero-order valence-electron chi connectivity index (χ0n) is 18.3. The molecule has 4 unspecified atom stereocenters. The molecule has 0 fully saturated rings. The van der Waals surface area contributed by atoms with E-state index in [0.717, 1.165) is 0 Å². The van der Waals surface area contributed by atoms with Gasteiger partial charge in [0.25, 0.3) is 0 Å². The fourth-order valence-corrected chi connectivity index (χ4v) is 2.69. The number of carboxylic acids is 2. The van der Waals surface area contributed by atoms with Gasteiger partial charge in [0, 0.05) is 0 Å². The van der Waals surface area contributed by atoms with Crippen molar-refractivity contribution < 1.29 is 39.3 Å². The Morgan fingerprint density at radius 3 is 1.58 bits per heavy atom. The second-order valence-electron chi connectivity index (χ2n) is 8.17. The molecular weight excluding hydrogens is 412 g/mol. The van der Waals surface area contributed by atoms with E-state index in [9.17, 15) is 34.2 Å². The maximum atomic E-state index is 12.6. The van der Waals surface area contributed by atoms with Gasteiger partial charge in [0.15, 0.2) is 0 Å². The number of carboxylic acid groups (broad SMARTS) is 2. The van der Waals surface area contributed by atoms with E-state index in [1.165, 1.54) is 0 Å². The number of nitrogens with one attached hydrogen (secondary N) is 3. The van der Waals surface area contributed by atoms with Crippen molar-refractivity contribution in [1.29, 1.82) is 0 Å². The molecule has 0 aromatic heterocycles. The van der Waals surface area contributed by atoms with Gasteiger partial charge in [0.05, 0.1) is 19.1 Å². The van der Waals surface area contributed by atoms with Crippen LogP contribution in [0.3, 0.4) is 0 Å². The summed E-state index contributed by atoms with van der Waals surface area (Å²) in [6.45, 7) is 6.38. The number of aliphatic carboxylic acids is 2. The number of carbonyl (C=O) groups excluding carboxylic acids is 3. The predicted molar refractivity (Wildman–Crippen MR) is 110 cm³/mol. The molecule has 0 aliphatic carbocycles. The molecule has 0 heterocycles. The third-order valence-corrected chi connectivity index (χ3v) is 4.21. The van der Waals surface area contributed by atoms with E-state index in [4.69, 9.17) is 10.8 Å². The van der Waals surface area contributed by atoms with Crippen LogP contribution in [0.4, 0.5) is 0 Å². The molecule has 8 N–H and O–H groups in total. The first-order valence-corrected chi connectivity index (χ1v) is 10.0. The van der Waals surface area contributed by atoms with E-state index in [-0.39, 0.29) is 24.7 Å². The highest BCUT2D eigenvalue weighted by molar-refractivity contribution is 5.94. The number of aliphatic hydroxyl groups excluding tert-OH is 1. The summed E-state index contributed by atoms with van der Waals surface area (Å²) in [7, 11) is 0. The van der Waals surface area contributed by atoms with E-state index in [0.29, 0.717) is 0 Å². The molecule has 178 valence electrons. The first kappa shape index (κ1) is 28.3. The second-order valence-corrected chi connectivity index (χ2v) is 8.17. The SMILES string of the molecule is CC(C)CC(NC(=O)C(CC(C)C)NC(=O)C(CO)NC(=O)C(N)CC(=O)O)C(=O)O. The number of carbonyl (C=O) groups is 5.